The normalized spacial score (nSPS) is 19.8. The molecule has 2 atom stereocenters. The Morgan fingerprint density at radius 3 is 2.62 bits per heavy atom. The molecule has 0 spiro atoms. The number of hydrogen-bond donors (Lipinski definition) is 1. The molecule has 0 aliphatic heterocycles. The van der Waals surface area contributed by atoms with Crippen molar-refractivity contribution in [2.75, 3.05) is 5.32 Å². The van der Waals surface area contributed by atoms with Gasteiger partial charge in [0.15, 0.2) is 5.13 Å². The second-order valence-corrected chi connectivity index (χ2v) is 6.92. The average Bonchev–Trinajstić information content (AvgIpc) is 3.06. The number of thiazole rings is 1. The molecule has 2 aromatic rings. The summed E-state index contributed by atoms with van der Waals surface area (Å²) in [6.07, 6.45) is -1.59. The van der Waals surface area contributed by atoms with Crippen LogP contribution in [-0.2, 0) is 11.2 Å². The number of nitrogens with one attached hydrogen (secondary N) is 1. The molecule has 8 heteroatoms. The number of carbonyl (C=O) groups is 1. The van der Waals surface area contributed by atoms with Crippen LogP contribution < -0.4 is 10.1 Å². The van der Waals surface area contributed by atoms with Gasteiger partial charge in [-0.3, -0.25) is 4.79 Å². The van der Waals surface area contributed by atoms with Crippen molar-refractivity contribution in [2.45, 2.75) is 26.1 Å². The van der Waals surface area contributed by atoms with Crippen LogP contribution in [0.15, 0.2) is 30.5 Å². The lowest BCUT2D eigenvalue weighted by atomic mass is 10.1. The Morgan fingerprint density at radius 2 is 2.04 bits per heavy atom. The first-order chi connectivity index (χ1) is 11.3. The third-order valence-corrected chi connectivity index (χ3v) is 4.68. The number of anilines is 1. The first kappa shape index (κ1) is 16.8. The lowest BCUT2D eigenvalue weighted by molar-refractivity contribution is -0.274. The molecule has 1 amide bonds. The summed E-state index contributed by atoms with van der Waals surface area (Å²) in [5, 5.41) is 3.35. The molecule has 1 aliphatic carbocycles. The van der Waals surface area contributed by atoms with E-state index in [2.05, 4.69) is 15.0 Å². The summed E-state index contributed by atoms with van der Waals surface area (Å²) in [5.74, 6) is 0.263. The van der Waals surface area contributed by atoms with Gasteiger partial charge < -0.3 is 10.1 Å². The van der Waals surface area contributed by atoms with Crippen molar-refractivity contribution in [3.8, 4) is 5.75 Å². The molecule has 1 N–H and O–H groups in total. The van der Waals surface area contributed by atoms with Crippen LogP contribution in [0.5, 0.6) is 5.75 Å². The number of nitrogens with zero attached hydrogens (tertiary/aromatic N) is 1. The Bertz CT molecular complexity index is 728. The number of aromatic nitrogens is 1. The number of hydrogen-bond acceptors (Lipinski definition) is 4. The third kappa shape index (κ3) is 4.47. The maximum absolute atomic E-state index is 12.1. The number of amides is 1. The molecule has 0 radical (unpaired) electrons. The molecule has 1 saturated carbocycles. The van der Waals surface area contributed by atoms with E-state index < -0.39 is 6.36 Å². The van der Waals surface area contributed by atoms with Crippen LogP contribution in [0.3, 0.4) is 0 Å². The van der Waals surface area contributed by atoms with Crippen LogP contribution in [0.2, 0.25) is 0 Å². The summed E-state index contributed by atoms with van der Waals surface area (Å²) in [6.45, 7) is 2.03. The SMILES string of the molecule is C[C@H]1C[C@@H]1C(=O)Nc1ncc(Cc2ccc(OC(F)(F)F)cc2)s1. The fourth-order valence-electron chi connectivity index (χ4n) is 2.34. The molecule has 4 nitrogen and oxygen atoms in total. The number of halogens is 3. The Morgan fingerprint density at radius 1 is 1.38 bits per heavy atom. The topological polar surface area (TPSA) is 51.2 Å². The van der Waals surface area contributed by atoms with Crippen LogP contribution in [0, 0.1) is 11.8 Å². The van der Waals surface area contributed by atoms with Crippen molar-refractivity contribution >= 4 is 22.4 Å². The van der Waals surface area contributed by atoms with E-state index in [-0.39, 0.29) is 17.6 Å². The molecule has 3 rings (SSSR count). The fourth-order valence-corrected chi connectivity index (χ4v) is 3.19. The summed E-state index contributed by atoms with van der Waals surface area (Å²) in [7, 11) is 0. The summed E-state index contributed by atoms with van der Waals surface area (Å²) < 4.78 is 40.2. The highest BCUT2D eigenvalue weighted by atomic mass is 32.1. The fraction of sp³-hybridized carbons (Fsp3) is 0.375. The third-order valence-electron chi connectivity index (χ3n) is 3.77. The van der Waals surface area contributed by atoms with Gasteiger partial charge in [-0.15, -0.1) is 24.5 Å². The van der Waals surface area contributed by atoms with E-state index in [9.17, 15) is 18.0 Å². The monoisotopic (exact) mass is 356 g/mol. The standard InChI is InChI=1S/C16H15F3N2O2S/c1-9-6-13(9)14(22)21-15-20-8-12(24-15)7-10-2-4-11(5-3-10)23-16(17,18)19/h2-5,8-9,13H,6-7H2,1H3,(H,20,21,22)/t9-,13-/m0/s1. The summed E-state index contributed by atoms with van der Waals surface area (Å²) in [5.41, 5.74) is 0.835. The summed E-state index contributed by atoms with van der Waals surface area (Å²) in [4.78, 5) is 16.9. The van der Waals surface area contributed by atoms with E-state index >= 15 is 0 Å². The molecule has 24 heavy (non-hydrogen) atoms. The van der Waals surface area contributed by atoms with E-state index in [1.54, 1.807) is 18.3 Å². The predicted molar refractivity (Wildman–Crippen MR) is 83.9 cm³/mol. The maximum Gasteiger partial charge on any atom is 0.573 e. The summed E-state index contributed by atoms with van der Waals surface area (Å²) >= 11 is 1.36. The van der Waals surface area contributed by atoms with Crippen LogP contribution in [0.4, 0.5) is 18.3 Å². The van der Waals surface area contributed by atoms with Gasteiger partial charge in [0.1, 0.15) is 5.75 Å². The smallest absolute Gasteiger partial charge is 0.406 e. The van der Waals surface area contributed by atoms with Crippen molar-refractivity contribution in [1.29, 1.82) is 0 Å². The van der Waals surface area contributed by atoms with Gasteiger partial charge in [0.25, 0.3) is 0 Å². The highest BCUT2D eigenvalue weighted by Crippen LogP contribution is 2.38. The lowest BCUT2D eigenvalue weighted by Gasteiger charge is -2.08. The van der Waals surface area contributed by atoms with E-state index in [1.165, 1.54) is 23.5 Å². The molecule has 1 aromatic heterocycles. The minimum Gasteiger partial charge on any atom is -0.406 e. The molecule has 1 aromatic carbocycles. The number of carbonyl (C=O) groups excluding carboxylic acids is 1. The van der Waals surface area contributed by atoms with Crippen molar-refractivity contribution in [3.05, 3.63) is 40.9 Å². The second kappa shape index (κ2) is 6.43. The highest BCUT2D eigenvalue weighted by Gasteiger charge is 2.39. The van der Waals surface area contributed by atoms with Gasteiger partial charge in [0.2, 0.25) is 5.91 Å². The second-order valence-electron chi connectivity index (χ2n) is 5.81. The molecule has 1 fully saturated rings. The minimum atomic E-state index is -4.69. The molecular weight excluding hydrogens is 341 g/mol. The van der Waals surface area contributed by atoms with Gasteiger partial charge in [-0.05, 0) is 30.0 Å². The van der Waals surface area contributed by atoms with Crippen molar-refractivity contribution < 1.29 is 22.7 Å². The number of alkyl halides is 3. The van der Waals surface area contributed by atoms with Crippen LogP contribution >= 0.6 is 11.3 Å². The zero-order valence-electron chi connectivity index (χ0n) is 12.8. The Kier molecular flexibility index (Phi) is 4.49. The molecule has 1 heterocycles. The Balaban J connectivity index is 1.57. The van der Waals surface area contributed by atoms with Crippen molar-refractivity contribution in [3.63, 3.8) is 0 Å². The zero-order valence-corrected chi connectivity index (χ0v) is 13.6. The molecule has 0 saturated heterocycles. The van der Waals surface area contributed by atoms with Gasteiger partial charge in [-0.1, -0.05) is 19.1 Å². The van der Waals surface area contributed by atoms with Gasteiger partial charge in [-0.25, -0.2) is 4.98 Å². The van der Waals surface area contributed by atoms with Crippen LogP contribution in [0.25, 0.3) is 0 Å². The molecule has 0 bridgehead atoms. The molecule has 128 valence electrons. The van der Waals surface area contributed by atoms with Gasteiger partial charge in [0, 0.05) is 23.4 Å². The maximum atomic E-state index is 12.1. The zero-order chi connectivity index (χ0) is 17.3. The van der Waals surface area contributed by atoms with E-state index in [0.717, 1.165) is 16.9 Å². The lowest BCUT2D eigenvalue weighted by Crippen LogP contribution is -2.17. The number of ether oxygens (including phenoxy) is 1. The quantitative estimate of drug-likeness (QED) is 0.872. The van der Waals surface area contributed by atoms with Crippen LogP contribution in [0.1, 0.15) is 23.8 Å². The molecular formula is C16H15F3N2O2S. The minimum absolute atomic E-state index is 0.00273. The predicted octanol–water partition coefficient (Wildman–Crippen LogP) is 4.23. The number of benzene rings is 1. The largest absolute Gasteiger partial charge is 0.573 e. The Hall–Kier alpha value is -2.09. The summed E-state index contributed by atoms with van der Waals surface area (Å²) in [6, 6.07) is 5.71. The van der Waals surface area contributed by atoms with E-state index in [0.29, 0.717) is 17.5 Å². The van der Waals surface area contributed by atoms with E-state index in [1.807, 2.05) is 6.92 Å². The number of rotatable bonds is 5. The van der Waals surface area contributed by atoms with E-state index in [4.69, 9.17) is 0 Å². The molecule has 1 aliphatic rings. The average molecular weight is 356 g/mol. The van der Waals surface area contributed by atoms with Crippen molar-refractivity contribution in [1.82, 2.24) is 4.98 Å². The molecule has 0 unspecified atom stereocenters. The first-order valence-corrected chi connectivity index (χ1v) is 8.22. The Labute approximate surface area is 140 Å². The first-order valence-electron chi connectivity index (χ1n) is 7.40. The van der Waals surface area contributed by atoms with Gasteiger partial charge in [0.05, 0.1) is 0 Å². The van der Waals surface area contributed by atoms with Gasteiger partial charge >= 0.3 is 6.36 Å². The van der Waals surface area contributed by atoms with Crippen LogP contribution in [-0.4, -0.2) is 17.3 Å². The highest BCUT2D eigenvalue weighted by molar-refractivity contribution is 7.15. The van der Waals surface area contributed by atoms with Crippen molar-refractivity contribution in [2.24, 2.45) is 11.8 Å². The van der Waals surface area contributed by atoms with Gasteiger partial charge in [-0.2, -0.15) is 0 Å².